The van der Waals surface area contributed by atoms with Crippen molar-refractivity contribution in [1.82, 2.24) is 5.32 Å². The van der Waals surface area contributed by atoms with Crippen molar-refractivity contribution in [3.8, 4) is 5.75 Å². The third-order valence-electron chi connectivity index (χ3n) is 2.59. The van der Waals surface area contributed by atoms with Crippen molar-refractivity contribution in [2.75, 3.05) is 6.54 Å². The van der Waals surface area contributed by atoms with E-state index in [0.29, 0.717) is 6.04 Å². The summed E-state index contributed by atoms with van der Waals surface area (Å²) < 4.78 is 7.02. The van der Waals surface area contributed by atoms with Crippen LogP contribution in [0.25, 0.3) is 0 Å². The maximum absolute atomic E-state index is 5.99. The second kappa shape index (κ2) is 7.02. The molecule has 0 radical (unpaired) electrons. The SMILES string of the molecule is CCC(CNC(C)C)Oc1ccc(C)cc1Br. The van der Waals surface area contributed by atoms with Gasteiger partial charge in [0.15, 0.2) is 0 Å². The van der Waals surface area contributed by atoms with Gasteiger partial charge in [0.2, 0.25) is 0 Å². The molecule has 3 heteroatoms. The van der Waals surface area contributed by atoms with Gasteiger partial charge in [-0.2, -0.15) is 0 Å². The summed E-state index contributed by atoms with van der Waals surface area (Å²) in [5.74, 6) is 0.924. The molecule has 0 aliphatic heterocycles. The van der Waals surface area contributed by atoms with Crippen molar-refractivity contribution in [1.29, 1.82) is 0 Å². The molecule has 0 saturated carbocycles. The third kappa shape index (κ3) is 5.09. The van der Waals surface area contributed by atoms with Crippen LogP contribution in [0.5, 0.6) is 5.75 Å². The topological polar surface area (TPSA) is 21.3 Å². The zero-order chi connectivity index (χ0) is 12.8. The molecule has 17 heavy (non-hydrogen) atoms. The number of nitrogens with one attached hydrogen (secondary N) is 1. The lowest BCUT2D eigenvalue weighted by Crippen LogP contribution is -2.34. The summed E-state index contributed by atoms with van der Waals surface area (Å²) in [6.45, 7) is 9.40. The van der Waals surface area contributed by atoms with E-state index in [0.717, 1.165) is 23.2 Å². The number of rotatable bonds is 6. The Morgan fingerprint density at radius 1 is 1.35 bits per heavy atom. The second-order valence-corrected chi connectivity index (χ2v) is 5.50. The Morgan fingerprint density at radius 2 is 2.06 bits per heavy atom. The molecule has 0 fully saturated rings. The number of hydrogen-bond acceptors (Lipinski definition) is 2. The zero-order valence-electron chi connectivity index (χ0n) is 11.1. The highest BCUT2D eigenvalue weighted by molar-refractivity contribution is 9.10. The van der Waals surface area contributed by atoms with Crippen LogP contribution in [0.3, 0.4) is 0 Å². The fourth-order valence-electron chi connectivity index (χ4n) is 1.52. The van der Waals surface area contributed by atoms with Crippen molar-refractivity contribution in [2.45, 2.75) is 46.3 Å². The second-order valence-electron chi connectivity index (χ2n) is 4.64. The highest BCUT2D eigenvalue weighted by Gasteiger charge is 2.10. The fourth-order valence-corrected chi connectivity index (χ4v) is 2.10. The van der Waals surface area contributed by atoms with Gasteiger partial charge in [-0.15, -0.1) is 0 Å². The van der Waals surface area contributed by atoms with E-state index in [1.165, 1.54) is 5.56 Å². The van der Waals surface area contributed by atoms with Crippen LogP contribution in [0.1, 0.15) is 32.8 Å². The van der Waals surface area contributed by atoms with E-state index in [4.69, 9.17) is 4.74 Å². The normalized spacial score (nSPS) is 12.8. The van der Waals surface area contributed by atoms with Crippen LogP contribution in [-0.4, -0.2) is 18.7 Å². The van der Waals surface area contributed by atoms with Crippen LogP contribution in [0.15, 0.2) is 22.7 Å². The molecular weight excluding hydrogens is 278 g/mol. The van der Waals surface area contributed by atoms with E-state index < -0.39 is 0 Å². The van der Waals surface area contributed by atoms with Gasteiger partial charge in [0.1, 0.15) is 11.9 Å². The minimum absolute atomic E-state index is 0.219. The Morgan fingerprint density at radius 3 is 2.59 bits per heavy atom. The first kappa shape index (κ1) is 14.5. The predicted molar refractivity (Wildman–Crippen MR) is 76.7 cm³/mol. The number of ether oxygens (including phenoxy) is 1. The Labute approximate surface area is 113 Å². The molecule has 96 valence electrons. The van der Waals surface area contributed by atoms with Crippen molar-refractivity contribution in [2.24, 2.45) is 0 Å². The summed E-state index contributed by atoms with van der Waals surface area (Å²) >= 11 is 3.54. The van der Waals surface area contributed by atoms with Gasteiger partial charge >= 0.3 is 0 Å². The minimum atomic E-state index is 0.219. The summed E-state index contributed by atoms with van der Waals surface area (Å²) in [4.78, 5) is 0. The molecule has 0 heterocycles. The first-order valence-corrected chi connectivity index (χ1v) is 6.98. The smallest absolute Gasteiger partial charge is 0.133 e. The molecule has 0 amide bonds. The minimum Gasteiger partial charge on any atom is -0.488 e. The van der Waals surface area contributed by atoms with E-state index in [1.807, 2.05) is 6.07 Å². The maximum Gasteiger partial charge on any atom is 0.133 e. The average Bonchev–Trinajstić information content (AvgIpc) is 2.26. The van der Waals surface area contributed by atoms with Gasteiger partial charge in [0.25, 0.3) is 0 Å². The molecule has 2 nitrogen and oxygen atoms in total. The molecule has 0 spiro atoms. The lowest BCUT2D eigenvalue weighted by molar-refractivity contribution is 0.189. The van der Waals surface area contributed by atoms with Gasteiger partial charge in [0, 0.05) is 12.6 Å². The lowest BCUT2D eigenvalue weighted by atomic mass is 10.2. The third-order valence-corrected chi connectivity index (χ3v) is 3.21. The van der Waals surface area contributed by atoms with E-state index >= 15 is 0 Å². The van der Waals surface area contributed by atoms with Crippen LogP contribution in [0, 0.1) is 6.92 Å². The van der Waals surface area contributed by atoms with Gasteiger partial charge in [-0.25, -0.2) is 0 Å². The molecular formula is C14H22BrNO. The number of halogens is 1. The summed E-state index contributed by atoms with van der Waals surface area (Å²) in [5.41, 5.74) is 1.23. The van der Waals surface area contributed by atoms with Crippen LogP contribution in [0.4, 0.5) is 0 Å². The molecule has 0 bridgehead atoms. The molecule has 1 unspecified atom stereocenters. The van der Waals surface area contributed by atoms with Crippen molar-refractivity contribution in [3.63, 3.8) is 0 Å². The molecule has 1 aromatic carbocycles. The predicted octanol–water partition coefficient (Wildman–Crippen LogP) is 3.91. The maximum atomic E-state index is 5.99. The van der Waals surface area contributed by atoms with E-state index in [2.05, 4.69) is 61.1 Å². The van der Waals surface area contributed by atoms with Crippen LogP contribution in [0.2, 0.25) is 0 Å². The highest BCUT2D eigenvalue weighted by Crippen LogP contribution is 2.27. The van der Waals surface area contributed by atoms with Gasteiger partial charge in [-0.3, -0.25) is 0 Å². The first-order chi connectivity index (χ1) is 8.02. The molecule has 1 rings (SSSR count). The van der Waals surface area contributed by atoms with Crippen LogP contribution in [-0.2, 0) is 0 Å². The first-order valence-electron chi connectivity index (χ1n) is 6.19. The van der Waals surface area contributed by atoms with Gasteiger partial charge in [-0.05, 0) is 47.0 Å². The van der Waals surface area contributed by atoms with Crippen LogP contribution >= 0.6 is 15.9 Å². The molecule has 0 aliphatic carbocycles. The van der Waals surface area contributed by atoms with Gasteiger partial charge in [-0.1, -0.05) is 26.8 Å². The summed E-state index contributed by atoms with van der Waals surface area (Å²) in [6.07, 6.45) is 1.22. The Hall–Kier alpha value is -0.540. The van der Waals surface area contributed by atoms with Crippen molar-refractivity contribution < 1.29 is 4.74 Å². The standard InChI is InChI=1S/C14H22BrNO/c1-5-12(9-16-10(2)3)17-14-7-6-11(4)8-13(14)15/h6-8,10,12,16H,5,9H2,1-4H3. The Bertz CT molecular complexity index is 352. The quantitative estimate of drug-likeness (QED) is 0.860. The zero-order valence-corrected chi connectivity index (χ0v) is 12.7. The van der Waals surface area contributed by atoms with E-state index in [-0.39, 0.29) is 6.10 Å². The lowest BCUT2D eigenvalue weighted by Gasteiger charge is -2.20. The monoisotopic (exact) mass is 299 g/mol. The average molecular weight is 300 g/mol. The molecule has 0 saturated heterocycles. The molecule has 1 aromatic rings. The van der Waals surface area contributed by atoms with Crippen LogP contribution < -0.4 is 10.1 Å². The number of hydrogen-bond donors (Lipinski definition) is 1. The van der Waals surface area contributed by atoms with E-state index in [9.17, 15) is 0 Å². The van der Waals surface area contributed by atoms with Crippen molar-refractivity contribution in [3.05, 3.63) is 28.2 Å². The largest absolute Gasteiger partial charge is 0.488 e. The summed E-state index contributed by atoms with van der Waals surface area (Å²) in [5, 5.41) is 3.41. The molecule has 0 aliphatic rings. The van der Waals surface area contributed by atoms with Gasteiger partial charge < -0.3 is 10.1 Å². The summed E-state index contributed by atoms with van der Waals surface area (Å²) in [7, 11) is 0. The molecule has 0 aromatic heterocycles. The molecule has 1 N–H and O–H groups in total. The van der Waals surface area contributed by atoms with E-state index in [1.54, 1.807) is 0 Å². The Balaban J connectivity index is 2.60. The highest BCUT2D eigenvalue weighted by atomic mass is 79.9. The fraction of sp³-hybridized carbons (Fsp3) is 0.571. The Kier molecular flexibility index (Phi) is 6.00. The van der Waals surface area contributed by atoms with Crippen molar-refractivity contribution >= 4 is 15.9 Å². The molecule has 1 atom stereocenters. The number of benzene rings is 1. The summed E-state index contributed by atoms with van der Waals surface area (Å²) in [6, 6.07) is 6.67. The van der Waals surface area contributed by atoms with Gasteiger partial charge in [0.05, 0.1) is 4.47 Å². The number of aryl methyl sites for hydroxylation is 1.